The fourth-order valence-corrected chi connectivity index (χ4v) is 4.73. The molecule has 0 unspecified atom stereocenters. The molecular weight excluding hydrogens is 527 g/mol. The minimum atomic E-state index is -3.82. The highest BCUT2D eigenvalue weighted by molar-refractivity contribution is 7.90. The first-order valence-electron chi connectivity index (χ1n) is 11.4. The number of carbonyl (C=O) groups is 1. The van der Waals surface area contributed by atoms with E-state index in [9.17, 15) is 18.0 Å². The molecule has 2 heterocycles. The van der Waals surface area contributed by atoms with Crippen LogP contribution in [0.15, 0.2) is 39.5 Å². The van der Waals surface area contributed by atoms with Crippen LogP contribution < -0.4 is 19.8 Å². The fourth-order valence-electron chi connectivity index (χ4n) is 3.87. The third kappa shape index (κ3) is 5.87. The number of ether oxygens (including phenoxy) is 1. The van der Waals surface area contributed by atoms with Crippen molar-refractivity contribution in [3.63, 3.8) is 0 Å². The molecule has 0 aliphatic carbocycles. The zero-order valence-electron chi connectivity index (χ0n) is 20.4. The van der Waals surface area contributed by atoms with Crippen LogP contribution in [0.4, 0.5) is 14.9 Å². The number of nitrogens with one attached hydrogen (secondary N) is 2. The molecule has 3 aromatic rings. The maximum absolute atomic E-state index is 15.0. The van der Waals surface area contributed by atoms with Crippen LogP contribution in [-0.4, -0.2) is 58.5 Å². The Balaban J connectivity index is 1.81. The summed E-state index contributed by atoms with van der Waals surface area (Å²) in [5, 5.41) is 0.486. The standard InChI is InChI=1S/C24H26ClFN4O6S/c1-27-37(33,34)28-19-7-4-6-14(22(19)25)10-16-17(13-30-8-5-9-30)15-11-18(26)21(36-24(32)29(2)3)12-20(15)35-23(16)31/h4,6-7,11-12,27-28H,5,8-10,13H2,1-3H3. The summed E-state index contributed by atoms with van der Waals surface area (Å²) in [6.07, 6.45) is 0.253. The summed E-state index contributed by atoms with van der Waals surface area (Å²) in [6.45, 7) is 2.02. The highest BCUT2D eigenvalue weighted by Gasteiger charge is 2.24. The van der Waals surface area contributed by atoms with Gasteiger partial charge in [-0.2, -0.15) is 8.42 Å². The maximum atomic E-state index is 15.0. The highest BCUT2D eigenvalue weighted by Crippen LogP contribution is 2.33. The molecule has 2 N–H and O–H groups in total. The van der Waals surface area contributed by atoms with Crippen LogP contribution in [0.5, 0.6) is 5.75 Å². The van der Waals surface area contributed by atoms with E-state index < -0.39 is 27.7 Å². The topological polar surface area (TPSA) is 121 Å². The normalized spacial score (nSPS) is 13.9. The zero-order chi connectivity index (χ0) is 26.9. The summed E-state index contributed by atoms with van der Waals surface area (Å²) in [7, 11) is 0.364. The molecule has 4 rings (SSSR count). The first-order valence-corrected chi connectivity index (χ1v) is 13.2. The molecule has 0 radical (unpaired) electrons. The molecule has 2 aromatic carbocycles. The predicted molar refractivity (Wildman–Crippen MR) is 138 cm³/mol. The monoisotopic (exact) mass is 552 g/mol. The molecule has 1 aliphatic heterocycles. The molecule has 1 aromatic heterocycles. The smallest absolute Gasteiger partial charge is 0.414 e. The lowest BCUT2D eigenvalue weighted by Gasteiger charge is -2.31. The van der Waals surface area contributed by atoms with Crippen molar-refractivity contribution in [2.24, 2.45) is 0 Å². The Morgan fingerprint density at radius 2 is 1.97 bits per heavy atom. The number of halogens is 2. The van der Waals surface area contributed by atoms with Gasteiger partial charge in [-0.3, -0.25) is 9.62 Å². The summed E-state index contributed by atoms with van der Waals surface area (Å²) in [6, 6.07) is 7.15. The zero-order valence-corrected chi connectivity index (χ0v) is 22.0. The second kappa shape index (κ2) is 10.7. The number of hydrogen-bond acceptors (Lipinski definition) is 7. The Bertz CT molecular complexity index is 1520. The number of anilines is 1. The first kappa shape index (κ1) is 26.9. The van der Waals surface area contributed by atoms with Gasteiger partial charge in [0.15, 0.2) is 11.6 Å². The van der Waals surface area contributed by atoms with Crippen molar-refractivity contribution in [3.05, 3.63) is 68.3 Å². The summed E-state index contributed by atoms with van der Waals surface area (Å²) in [5.41, 5.74) is 0.874. The van der Waals surface area contributed by atoms with Gasteiger partial charge in [0.25, 0.3) is 10.2 Å². The lowest BCUT2D eigenvalue weighted by atomic mass is 9.96. The van der Waals surface area contributed by atoms with Gasteiger partial charge < -0.3 is 14.1 Å². The quantitative estimate of drug-likeness (QED) is 0.411. The first-order chi connectivity index (χ1) is 17.5. The molecule has 10 nitrogen and oxygen atoms in total. The van der Waals surface area contributed by atoms with Crippen LogP contribution in [0.3, 0.4) is 0 Å². The molecule has 1 saturated heterocycles. The maximum Gasteiger partial charge on any atom is 0.414 e. The van der Waals surface area contributed by atoms with Crippen LogP contribution >= 0.6 is 11.6 Å². The number of likely N-dealkylation sites (tertiary alicyclic amines) is 1. The number of amides is 1. The molecule has 13 heteroatoms. The Kier molecular flexibility index (Phi) is 7.74. The molecule has 1 amide bonds. The van der Waals surface area contributed by atoms with Gasteiger partial charge in [0.05, 0.1) is 10.7 Å². The third-order valence-electron chi connectivity index (χ3n) is 6.02. The van der Waals surface area contributed by atoms with Gasteiger partial charge in [0.2, 0.25) is 0 Å². The Morgan fingerprint density at radius 3 is 2.59 bits per heavy atom. The Hall–Kier alpha value is -3.19. The average molecular weight is 553 g/mol. The van der Waals surface area contributed by atoms with Gasteiger partial charge in [-0.1, -0.05) is 23.7 Å². The number of benzene rings is 2. The molecule has 0 atom stereocenters. The van der Waals surface area contributed by atoms with E-state index in [2.05, 4.69) is 14.3 Å². The van der Waals surface area contributed by atoms with Crippen molar-refractivity contribution in [3.8, 4) is 5.75 Å². The van der Waals surface area contributed by atoms with Crippen molar-refractivity contribution >= 4 is 44.6 Å². The SMILES string of the molecule is CNS(=O)(=O)Nc1cccc(Cc2c(CN3CCC3)c3cc(F)c(OC(=O)N(C)C)cc3oc2=O)c1Cl. The molecule has 1 aliphatic rings. The summed E-state index contributed by atoms with van der Waals surface area (Å²) in [5.74, 6) is -1.14. The summed E-state index contributed by atoms with van der Waals surface area (Å²) < 4.78 is 54.0. The van der Waals surface area contributed by atoms with Crippen LogP contribution in [0.1, 0.15) is 23.1 Å². The number of rotatable bonds is 8. The molecular formula is C24H26ClFN4O6S. The average Bonchev–Trinajstić information content (AvgIpc) is 2.81. The Morgan fingerprint density at radius 1 is 1.24 bits per heavy atom. The van der Waals surface area contributed by atoms with E-state index in [1.807, 2.05) is 0 Å². The van der Waals surface area contributed by atoms with Crippen molar-refractivity contribution < 1.29 is 26.8 Å². The largest absolute Gasteiger partial charge is 0.422 e. The summed E-state index contributed by atoms with van der Waals surface area (Å²) >= 11 is 6.50. The van der Waals surface area contributed by atoms with Crippen LogP contribution in [0, 0.1) is 5.82 Å². The van der Waals surface area contributed by atoms with E-state index in [1.165, 1.54) is 39.3 Å². The van der Waals surface area contributed by atoms with Crippen LogP contribution in [0.25, 0.3) is 11.0 Å². The molecule has 0 bridgehead atoms. The molecule has 1 fully saturated rings. The molecule has 198 valence electrons. The van der Waals surface area contributed by atoms with Crippen molar-refractivity contribution in [1.82, 2.24) is 14.5 Å². The molecule has 0 saturated carbocycles. The fraction of sp³-hybridized carbons (Fsp3) is 0.333. The Labute approximate surface area is 218 Å². The van der Waals surface area contributed by atoms with Gasteiger partial charge in [0.1, 0.15) is 5.58 Å². The third-order valence-corrected chi connectivity index (χ3v) is 7.50. The minimum absolute atomic E-state index is 0.0222. The molecule has 0 spiro atoms. The van der Waals surface area contributed by atoms with Gasteiger partial charge in [-0.05, 0) is 42.8 Å². The van der Waals surface area contributed by atoms with E-state index in [-0.39, 0.29) is 34.0 Å². The van der Waals surface area contributed by atoms with Gasteiger partial charge >= 0.3 is 11.7 Å². The van der Waals surface area contributed by atoms with Crippen LogP contribution in [-0.2, 0) is 23.2 Å². The van der Waals surface area contributed by atoms with E-state index in [4.69, 9.17) is 20.8 Å². The second-order valence-electron chi connectivity index (χ2n) is 8.78. The molecule has 37 heavy (non-hydrogen) atoms. The van der Waals surface area contributed by atoms with Crippen molar-refractivity contribution in [2.45, 2.75) is 19.4 Å². The van der Waals surface area contributed by atoms with Crippen LogP contribution in [0.2, 0.25) is 5.02 Å². The number of nitrogens with zero attached hydrogens (tertiary/aromatic N) is 2. The number of hydrogen-bond donors (Lipinski definition) is 2. The van der Waals surface area contributed by atoms with E-state index in [0.717, 1.165) is 24.4 Å². The van der Waals surface area contributed by atoms with Gasteiger partial charge in [-0.15, -0.1) is 0 Å². The van der Waals surface area contributed by atoms with E-state index in [1.54, 1.807) is 12.1 Å². The van der Waals surface area contributed by atoms with Crippen molar-refractivity contribution in [1.29, 1.82) is 0 Å². The van der Waals surface area contributed by atoms with Crippen molar-refractivity contribution in [2.75, 3.05) is 39.0 Å². The predicted octanol–water partition coefficient (Wildman–Crippen LogP) is 3.32. The summed E-state index contributed by atoms with van der Waals surface area (Å²) in [4.78, 5) is 28.4. The lowest BCUT2D eigenvalue weighted by molar-refractivity contribution is 0.170. The van der Waals surface area contributed by atoms with E-state index in [0.29, 0.717) is 23.1 Å². The number of fused-ring (bicyclic) bond motifs is 1. The van der Waals surface area contributed by atoms with E-state index >= 15 is 4.39 Å². The second-order valence-corrected chi connectivity index (χ2v) is 10.8. The number of carbonyl (C=O) groups excluding carboxylic acids is 1. The van der Waals surface area contributed by atoms with Gasteiger partial charge in [0, 0.05) is 51.1 Å². The highest BCUT2D eigenvalue weighted by atomic mass is 35.5. The minimum Gasteiger partial charge on any atom is -0.422 e. The lowest BCUT2D eigenvalue weighted by Crippen LogP contribution is -2.37. The van der Waals surface area contributed by atoms with Gasteiger partial charge in [-0.25, -0.2) is 18.7 Å².